The number of benzene rings is 1. The molecule has 1 aromatic carbocycles. The van der Waals surface area contributed by atoms with E-state index in [0.717, 1.165) is 50.8 Å². The summed E-state index contributed by atoms with van der Waals surface area (Å²) in [4.78, 5) is 30.1. The van der Waals surface area contributed by atoms with Gasteiger partial charge in [0.15, 0.2) is 5.78 Å². The first-order valence-electron chi connectivity index (χ1n) is 13.0. The molecule has 2 saturated heterocycles. The zero-order valence-electron chi connectivity index (χ0n) is 21.4. The zero-order chi connectivity index (χ0) is 25.3. The summed E-state index contributed by atoms with van der Waals surface area (Å²) in [6.07, 6.45) is 4.38. The third kappa shape index (κ3) is 5.86. The maximum Gasteiger partial charge on any atom is 0.411 e. The maximum absolute atomic E-state index is 15.0. The molecule has 1 aromatic rings. The second kappa shape index (κ2) is 10.3. The largest absolute Gasteiger partial charge is 0.444 e. The van der Waals surface area contributed by atoms with Gasteiger partial charge in [-0.2, -0.15) is 5.26 Å². The van der Waals surface area contributed by atoms with Crippen molar-refractivity contribution in [1.82, 2.24) is 9.80 Å². The molecule has 0 radical (unpaired) electrons. The van der Waals surface area contributed by atoms with Gasteiger partial charge in [0.2, 0.25) is 0 Å². The molecule has 4 rings (SSSR count). The average molecular weight is 484 g/mol. The van der Waals surface area contributed by atoms with Gasteiger partial charge >= 0.3 is 6.09 Å². The molecule has 0 spiro atoms. The summed E-state index contributed by atoms with van der Waals surface area (Å²) in [5.41, 5.74) is 0.843. The number of amides is 1. The molecule has 4 atom stereocenters. The lowest BCUT2D eigenvalue weighted by atomic mass is 9.86. The van der Waals surface area contributed by atoms with Crippen LogP contribution in [0.2, 0.25) is 0 Å². The topological polar surface area (TPSA) is 73.6 Å². The molecule has 3 aliphatic rings. The van der Waals surface area contributed by atoms with Gasteiger partial charge in [0.1, 0.15) is 11.4 Å². The Kier molecular flexibility index (Phi) is 7.51. The van der Waals surface area contributed by atoms with Gasteiger partial charge in [-0.1, -0.05) is 12.1 Å². The first-order valence-corrected chi connectivity index (χ1v) is 13.0. The van der Waals surface area contributed by atoms with E-state index in [1.54, 1.807) is 17.0 Å². The molecule has 3 fully saturated rings. The lowest BCUT2D eigenvalue weighted by molar-refractivity contribution is -0.126. The second-order valence-corrected chi connectivity index (χ2v) is 11.7. The summed E-state index contributed by atoms with van der Waals surface area (Å²) in [6, 6.07) is 7.06. The van der Waals surface area contributed by atoms with Crippen molar-refractivity contribution in [2.45, 2.75) is 89.3 Å². The van der Waals surface area contributed by atoms with Crippen LogP contribution in [0.25, 0.3) is 0 Å². The zero-order valence-corrected chi connectivity index (χ0v) is 21.4. The fourth-order valence-electron chi connectivity index (χ4n) is 6.10. The average Bonchev–Trinajstić information content (AvgIpc) is 3.41. The molecule has 7 heteroatoms. The van der Waals surface area contributed by atoms with Crippen LogP contribution < -0.4 is 0 Å². The highest BCUT2D eigenvalue weighted by atomic mass is 19.1. The van der Waals surface area contributed by atoms with Gasteiger partial charge in [-0.15, -0.1) is 0 Å². The maximum atomic E-state index is 15.0. The minimum Gasteiger partial charge on any atom is -0.444 e. The Morgan fingerprint density at radius 2 is 1.91 bits per heavy atom. The number of hydrogen-bond donors (Lipinski definition) is 0. The molecule has 0 N–H and O–H groups in total. The minimum atomic E-state index is -0.640. The smallest absolute Gasteiger partial charge is 0.411 e. The Balaban J connectivity index is 1.41. The molecular formula is C28H38FN3O3. The lowest BCUT2D eigenvalue weighted by Crippen LogP contribution is -2.51. The van der Waals surface area contributed by atoms with E-state index in [9.17, 15) is 19.2 Å². The number of hydrogen-bond acceptors (Lipinski definition) is 5. The van der Waals surface area contributed by atoms with Crippen LogP contribution in [0.3, 0.4) is 0 Å². The summed E-state index contributed by atoms with van der Waals surface area (Å²) >= 11 is 0. The Morgan fingerprint density at radius 1 is 1.20 bits per heavy atom. The van der Waals surface area contributed by atoms with E-state index in [1.807, 2.05) is 26.8 Å². The molecule has 2 heterocycles. The van der Waals surface area contributed by atoms with Crippen molar-refractivity contribution >= 4 is 11.9 Å². The Morgan fingerprint density at radius 3 is 2.54 bits per heavy atom. The number of ketones is 1. The van der Waals surface area contributed by atoms with E-state index in [1.165, 1.54) is 0 Å². The van der Waals surface area contributed by atoms with E-state index in [0.29, 0.717) is 11.5 Å². The van der Waals surface area contributed by atoms with E-state index < -0.39 is 23.7 Å². The molecule has 0 unspecified atom stereocenters. The highest BCUT2D eigenvalue weighted by molar-refractivity contribution is 5.89. The first-order chi connectivity index (χ1) is 16.6. The van der Waals surface area contributed by atoms with Crippen LogP contribution in [-0.4, -0.2) is 59.5 Å². The van der Waals surface area contributed by atoms with E-state index >= 15 is 0 Å². The molecule has 6 nitrogen and oxygen atoms in total. The van der Waals surface area contributed by atoms with Gasteiger partial charge < -0.3 is 9.64 Å². The predicted molar refractivity (Wildman–Crippen MR) is 131 cm³/mol. The Bertz CT molecular complexity index is 990. The Labute approximate surface area is 208 Å². The summed E-state index contributed by atoms with van der Waals surface area (Å²) in [5.74, 6) is -0.571. The number of rotatable bonds is 6. The molecule has 35 heavy (non-hydrogen) atoms. The number of fused-ring (bicyclic) bond motifs is 2. The highest BCUT2D eigenvalue weighted by Crippen LogP contribution is 2.44. The van der Waals surface area contributed by atoms with Crippen LogP contribution in [0.5, 0.6) is 0 Å². The van der Waals surface area contributed by atoms with E-state index in [-0.39, 0.29) is 36.4 Å². The van der Waals surface area contributed by atoms with Gasteiger partial charge in [0.05, 0.1) is 18.0 Å². The van der Waals surface area contributed by atoms with Crippen molar-refractivity contribution in [3.8, 4) is 6.07 Å². The van der Waals surface area contributed by atoms with Gasteiger partial charge in [-0.3, -0.25) is 9.69 Å². The van der Waals surface area contributed by atoms with Crippen molar-refractivity contribution in [3.05, 3.63) is 35.1 Å². The van der Waals surface area contributed by atoms with Gasteiger partial charge in [0.25, 0.3) is 0 Å². The number of likely N-dealkylation sites (tertiary alicyclic amines) is 2. The van der Waals surface area contributed by atoms with Crippen LogP contribution in [0.15, 0.2) is 18.2 Å². The second-order valence-electron chi connectivity index (χ2n) is 11.7. The summed E-state index contributed by atoms with van der Waals surface area (Å²) in [5, 5.41) is 9.78. The number of Topliss-reactive ketones (excluding diaryl/α,β-unsaturated/α-hetero) is 1. The third-order valence-corrected chi connectivity index (χ3v) is 7.88. The van der Waals surface area contributed by atoms with Crippen molar-refractivity contribution in [3.63, 3.8) is 0 Å². The van der Waals surface area contributed by atoms with Crippen LogP contribution in [0.1, 0.15) is 76.3 Å². The lowest BCUT2D eigenvalue weighted by Gasteiger charge is -2.35. The number of piperidine rings is 2. The number of halogens is 1. The first kappa shape index (κ1) is 25.6. The van der Waals surface area contributed by atoms with Gasteiger partial charge in [-0.05, 0) is 108 Å². The SMILES string of the molecule is CN1CCC(c2ccc(C[C@@H](C#N)CC(=O)[C@@H]3[C@H]4CC[C@H](C4)N3C(=O)OC(C)(C)C)c(F)c2)CC1. The minimum absolute atomic E-state index is 0.0137. The highest BCUT2D eigenvalue weighted by Gasteiger charge is 2.52. The molecule has 2 aliphatic heterocycles. The quantitative estimate of drug-likeness (QED) is 0.565. The fourth-order valence-corrected chi connectivity index (χ4v) is 6.10. The van der Waals surface area contributed by atoms with Gasteiger partial charge in [-0.25, -0.2) is 9.18 Å². The number of carbonyl (C=O) groups excluding carboxylic acids is 2. The van der Waals surface area contributed by atoms with Crippen molar-refractivity contribution in [1.29, 1.82) is 5.26 Å². The predicted octanol–water partition coefficient (Wildman–Crippen LogP) is 5.06. The van der Waals surface area contributed by atoms with Crippen LogP contribution >= 0.6 is 0 Å². The third-order valence-electron chi connectivity index (χ3n) is 7.88. The summed E-state index contributed by atoms with van der Waals surface area (Å²) < 4.78 is 20.6. The van der Waals surface area contributed by atoms with Crippen LogP contribution in [0, 0.1) is 29.0 Å². The fraction of sp³-hybridized carbons (Fsp3) is 0.679. The van der Waals surface area contributed by atoms with E-state index in [2.05, 4.69) is 18.0 Å². The van der Waals surface area contributed by atoms with Crippen molar-refractivity contribution in [2.75, 3.05) is 20.1 Å². The number of nitrogens with zero attached hydrogens (tertiary/aromatic N) is 3. The molecular weight excluding hydrogens is 445 g/mol. The standard InChI is InChI=1S/C28H38FN3O3/c1-28(2,3)35-27(34)32-23-8-7-22(15-23)26(32)25(33)14-18(17-30)13-21-6-5-20(16-24(21)29)19-9-11-31(4)12-10-19/h5-6,16,18-19,22-23,26H,7-15H2,1-4H3/t18-,22+,23-,26+/m1/s1. The summed E-state index contributed by atoms with van der Waals surface area (Å²) in [6.45, 7) is 7.46. The van der Waals surface area contributed by atoms with Crippen molar-refractivity contribution < 1.29 is 18.7 Å². The Hall–Kier alpha value is -2.46. The molecule has 2 bridgehead atoms. The van der Waals surface area contributed by atoms with Crippen LogP contribution in [0.4, 0.5) is 9.18 Å². The normalized spacial score (nSPS) is 25.9. The van der Waals surface area contributed by atoms with Crippen LogP contribution in [-0.2, 0) is 16.0 Å². The number of nitriles is 1. The van der Waals surface area contributed by atoms with Crippen molar-refractivity contribution in [2.24, 2.45) is 11.8 Å². The molecule has 190 valence electrons. The summed E-state index contributed by atoms with van der Waals surface area (Å²) in [7, 11) is 2.10. The monoisotopic (exact) mass is 483 g/mol. The number of ether oxygens (including phenoxy) is 1. The van der Waals surface area contributed by atoms with Gasteiger partial charge in [0, 0.05) is 12.5 Å². The molecule has 0 aromatic heterocycles. The van der Waals surface area contributed by atoms with E-state index in [4.69, 9.17) is 4.74 Å². The molecule has 1 aliphatic carbocycles. The molecule has 1 saturated carbocycles. The molecule has 1 amide bonds. The number of carbonyl (C=O) groups is 2.